The Labute approximate surface area is 117 Å². The lowest BCUT2D eigenvalue weighted by atomic mass is 10.1. The number of benzene rings is 1. The summed E-state index contributed by atoms with van der Waals surface area (Å²) in [4.78, 5) is 14.6. The van der Waals surface area contributed by atoms with Crippen LogP contribution in [0.5, 0.6) is 0 Å². The van der Waals surface area contributed by atoms with Crippen LogP contribution in [0, 0.1) is 17.0 Å². The van der Waals surface area contributed by atoms with Crippen LogP contribution in [0.1, 0.15) is 23.6 Å². The lowest BCUT2D eigenvalue weighted by molar-refractivity contribution is -0.385. The molecule has 2 rings (SSSR count). The topological polar surface area (TPSA) is 68.1 Å². The normalized spacial score (nSPS) is 10.3. The highest BCUT2D eigenvalue weighted by atomic mass is 16.6. The summed E-state index contributed by atoms with van der Waals surface area (Å²) >= 11 is 0. The zero-order valence-corrected chi connectivity index (χ0v) is 11.6. The first kappa shape index (κ1) is 14.0. The van der Waals surface area contributed by atoms with E-state index in [1.165, 1.54) is 17.8 Å². The Hall–Kier alpha value is -2.43. The van der Waals surface area contributed by atoms with Crippen LogP contribution in [-0.2, 0) is 13.0 Å². The molecule has 0 radical (unpaired) electrons. The van der Waals surface area contributed by atoms with E-state index in [1.807, 2.05) is 0 Å². The van der Waals surface area contributed by atoms with Crippen LogP contribution in [0.25, 0.3) is 0 Å². The first-order valence-corrected chi connectivity index (χ1v) is 6.53. The van der Waals surface area contributed by atoms with Crippen LogP contribution >= 0.6 is 0 Å². The molecule has 0 saturated heterocycles. The molecule has 0 bridgehead atoms. The van der Waals surface area contributed by atoms with Crippen molar-refractivity contribution in [2.45, 2.75) is 26.8 Å². The number of nitro groups is 1. The molecule has 0 atom stereocenters. The van der Waals surface area contributed by atoms with Crippen molar-refractivity contribution < 1.29 is 4.92 Å². The minimum Gasteiger partial charge on any atom is -0.366 e. The second kappa shape index (κ2) is 6.14. The third-order valence-electron chi connectivity index (χ3n) is 3.18. The summed E-state index contributed by atoms with van der Waals surface area (Å²) in [7, 11) is 0. The summed E-state index contributed by atoms with van der Waals surface area (Å²) in [5.74, 6) is 0.516. The van der Waals surface area contributed by atoms with E-state index in [9.17, 15) is 10.1 Å². The maximum atomic E-state index is 10.9. The average molecular weight is 271 g/mol. The third kappa shape index (κ3) is 3.32. The fourth-order valence-corrected chi connectivity index (χ4v) is 1.89. The SMILES string of the molecule is CCc1ccc(CNc2cc([N+](=O)[O-])c(C)cn2)cc1. The van der Waals surface area contributed by atoms with Gasteiger partial charge in [0.25, 0.3) is 5.69 Å². The van der Waals surface area contributed by atoms with Gasteiger partial charge in [-0.05, 0) is 24.5 Å². The molecule has 0 spiro atoms. The van der Waals surface area contributed by atoms with Gasteiger partial charge in [0.2, 0.25) is 0 Å². The molecule has 0 fully saturated rings. The molecule has 0 amide bonds. The van der Waals surface area contributed by atoms with Gasteiger partial charge in [0.1, 0.15) is 5.82 Å². The molecule has 2 aromatic rings. The number of aromatic nitrogens is 1. The van der Waals surface area contributed by atoms with E-state index in [0.29, 0.717) is 17.9 Å². The third-order valence-corrected chi connectivity index (χ3v) is 3.18. The van der Waals surface area contributed by atoms with Gasteiger partial charge in [-0.15, -0.1) is 0 Å². The number of rotatable bonds is 5. The zero-order chi connectivity index (χ0) is 14.5. The standard InChI is InChI=1S/C15H17N3O2/c1-3-12-4-6-13(7-5-12)10-17-15-8-14(18(19)20)11(2)9-16-15/h4-9H,3,10H2,1-2H3,(H,16,17). The minimum atomic E-state index is -0.391. The van der Waals surface area contributed by atoms with Gasteiger partial charge >= 0.3 is 0 Å². The first-order valence-electron chi connectivity index (χ1n) is 6.53. The Morgan fingerprint density at radius 2 is 1.90 bits per heavy atom. The minimum absolute atomic E-state index is 0.0869. The summed E-state index contributed by atoms with van der Waals surface area (Å²) in [6, 6.07) is 9.74. The largest absolute Gasteiger partial charge is 0.366 e. The summed E-state index contributed by atoms with van der Waals surface area (Å²) in [6.45, 7) is 4.39. The smallest absolute Gasteiger partial charge is 0.277 e. The Morgan fingerprint density at radius 3 is 2.50 bits per heavy atom. The van der Waals surface area contributed by atoms with Crippen molar-refractivity contribution in [1.82, 2.24) is 4.98 Å². The Morgan fingerprint density at radius 1 is 1.25 bits per heavy atom. The highest BCUT2D eigenvalue weighted by Gasteiger charge is 2.11. The fourth-order valence-electron chi connectivity index (χ4n) is 1.89. The van der Waals surface area contributed by atoms with Crippen molar-refractivity contribution in [3.63, 3.8) is 0 Å². The van der Waals surface area contributed by atoms with Crippen LogP contribution in [-0.4, -0.2) is 9.91 Å². The molecule has 0 unspecified atom stereocenters. The van der Waals surface area contributed by atoms with Crippen molar-refractivity contribution in [2.75, 3.05) is 5.32 Å². The van der Waals surface area contributed by atoms with E-state index in [2.05, 4.69) is 41.5 Å². The maximum Gasteiger partial charge on any atom is 0.277 e. The first-order chi connectivity index (χ1) is 9.60. The van der Waals surface area contributed by atoms with E-state index >= 15 is 0 Å². The van der Waals surface area contributed by atoms with E-state index in [0.717, 1.165) is 12.0 Å². The lowest BCUT2D eigenvalue weighted by Gasteiger charge is -2.07. The zero-order valence-electron chi connectivity index (χ0n) is 11.6. The van der Waals surface area contributed by atoms with Gasteiger partial charge < -0.3 is 5.32 Å². The molecule has 5 heteroatoms. The molecule has 1 aromatic carbocycles. The molecule has 0 aliphatic rings. The monoisotopic (exact) mass is 271 g/mol. The molecule has 104 valence electrons. The van der Waals surface area contributed by atoms with Gasteiger partial charge in [-0.25, -0.2) is 4.98 Å². The lowest BCUT2D eigenvalue weighted by Crippen LogP contribution is -2.03. The van der Waals surface area contributed by atoms with Gasteiger partial charge in [0.05, 0.1) is 11.0 Å². The molecule has 1 N–H and O–H groups in total. The van der Waals surface area contributed by atoms with Crippen molar-refractivity contribution in [3.05, 3.63) is 63.3 Å². The van der Waals surface area contributed by atoms with Gasteiger partial charge in [-0.3, -0.25) is 10.1 Å². The van der Waals surface area contributed by atoms with Crippen molar-refractivity contribution >= 4 is 11.5 Å². The summed E-state index contributed by atoms with van der Waals surface area (Å²) in [6.07, 6.45) is 2.53. The number of hydrogen-bond donors (Lipinski definition) is 1. The van der Waals surface area contributed by atoms with E-state index < -0.39 is 4.92 Å². The number of hydrogen-bond acceptors (Lipinski definition) is 4. The van der Waals surface area contributed by atoms with Gasteiger partial charge in [0.15, 0.2) is 0 Å². The highest BCUT2D eigenvalue weighted by molar-refractivity contribution is 5.49. The van der Waals surface area contributed by atoms with Gasteiger partial charge in [-0.1, -0.05) is 31.2 Å². The Bertz CT molecular complexity index is 609. The van der Waals surface area contributed by atoms with Crippen LogP contribution in [0.4, 0.5) is 11.5 Å². The molecule has 0 saturated carbocycles. The molecule has 1 aromatic heterocycles. The Kier molecular flexibility index (Phi) is 4.30. The van der Waals surface area contributed by atoms with Gasteiger partial charge in [0, 0.05) is 18.3 Å². The second-order valence-electron chi connectivity index (χ2n) is 4.64. The second-order valence-corrected chi connectivity index (χ2v) is 4.64. The molecule has 1 heterocycles. The van der Waals surface area contributed by atoms with Gasteiger partial charge in [-0.2, -0.15) is 0 Å². The number of anilines is 1. The number of pyridine rings is 1. The predicted octanol–water partition coefficient (Wildman–Crippen LogP) is 3.47. The fraction of sp³-hybridized carbons (Fsp3) is 0.267. The van der Waals surface area contributed by atoms with E-state index in [4.69, 9.17) is 0 Å². The quantitative estimate of drug-likeness (QED) is 0.667. The Balaban J connectivity index is 2.06. The molecule has 0 aliphatic carbocycles. The van der Waals surface area contributed by atoms with Crippen LogP contribution < -0.4 is 5.32 Å². The van der Waals surface area contributed by atoms with Crippen LogP contribution in [0.2, 0.25) is 0 Å². The molecule has 5 nitrogen and oxygen atoms in total. The van der Waals surface area contributed by atoms with Crippen molar-refractivity contribution in [3.8, 4) is 0 Å². The van der Waals surface area contributed by atoms with Crippen molar-refractivity contribution in [2.24, 2.45) is 0 Å². The maximum absolute atomic E-state index is 10.9. The molecule has 0 aliphatic heterocycles. The highest BCUT2D eigenvalue weighted by Crippen LogP contribution is 2.20. The van der Waals surface area contributed by atoms with Crippen LogP contribution in [0.15, 0.2) is 36.5 Å². The number of nitrogens with zero attached hydrogens (tertiary/aromatic N) is 2. The summed E-state index contributed by atoms with van der Waals surface area (Å²) in [5.41, 5.74) is 3.06. The number of nitrogens with one attached hydrogen (secondary N) is 1. The predicted molar refractivity (Wildman–Crippen MR) is 78.8 cm³/mol. The summed E-state index contributed by atoms with van der Waals surface area (Å²) < 4.78 is 0. The summed E-state index contributed by atoms with van der Waals surface area (Å²) in [5, 5.41) is 14.0. The average Bonchev–Trinajstić information content (AvgIpc) is 2.46. The van der Waals surface area contributed by atoms with E-state index in [-0.39, 0.29) is 5.69 Å². The van der Waals surface area contributed by atoms with E-state index in [1.54, 1.807) is 6.92 Å². The molecule has 20 heavy (non-hydrogen) atoms. The van der Waals surface area contributed by atoms with Crippen LogP contribution in [0.3, 0.4) is 0 Å². The van der Waals surface area contributed by atoms with Crippen molar-refractivity contribution in [1.29, 1.82) is 0 Å². The molecular weight excluding hydrogens is 254 g/mol. The molecular formula is C15H17N3O2. The number of aryl methyl sites for hydroxylation is 2.